The minimum Gasteiger partial charge on any atom is -0.481 e. The lowest BCUT2D eigenvalue weighted by molar-refractivity contribution is -0.146. The second-order valence-corrected chi connectivity index (χ2v) is 6.20. The predicted octanol–water partition coefficient (Wildman–Crippen LogP) is 3.21. The molecule has 116 valence electrons. The fourth-order valence-corrected chi connectivity index (χ4v) is 3.16. The van der Waals surface area contributed by atoms with Gasteiger partial charge in [0.1, 0.15) is 0 Å². The molecule has 1 fully saturated rings. The summed E-state index contributed by atoms with van der Waals surface area (Å²) >= 11 is 0. The quantitative estimate of drug-likeness (QED) is 0.672. The molecule has 0 heterocycles. The van der Waals surface area contributed by atoms with E-state index in [2.05, 4.69) is 19.2 Å². The van der Waals surface area contributed by atoms with Crippen molar-refractivity contribution >= 4 is 11.9 Å². The minimum atomic E-state index is -0.820. The van der Waals surface area contributed by atoms with Crippen LogP contribution in [0.1, 0.15) is 65.7 Å². The highest BCUT2D eigenvalue weighted by molar-refractivity contribution is 5.85. The predicted molar refractivity (Wildman–Crippen MR) is 79.4 cm³/mol. The molecule has 0 aromatic heterocycles. The zero-order valence-electron chi connectivity index (χ0n) is 13.0. The van der Waals surface area contributed by atoms with Gasteiger partial charge in [0.15, 0.2) is 0 Å². The largest absolute Gasteiger partial charge is 0.481 e. The minimum absolute atomic E-state index is 0.0580. The molecule has 0 aromatic carbocycles. The fourth-order valence-electron chi connectivity index (χ4n) is 3.16. The lowest BCUT2D eigenvalue weighted by Gasteiger charge is -2.19. The first kappa shape index (κ1) is 17.0. The van der Waals surface area contributed by atoms with Crippen LogP contribution in [0.2, 0.25) is 0 Å². The van der Waals surface area contributed by atoms with Crippen molar-refractivity contribution in [2.45, 2.75) is 71.8 Å². The zero-order chi connectivity index (χ0) is 15.1. The van der Waals surface area contributed by atoms with Crippen LogP contribution >= 0.6 is 0 Å². The van der Waals surface area contributed by atoms with Gasteiger partial charge in [0.25, 0.3) is 0 Å². The summed E-state index contributed by atoms with van der Waals surface area (Å²) in [5.41, 5.74) is 0. The summed E-state index contributed by atoms with van der Waals surface area (Å²) in [6, 6.07) is 0.143. The number of rotatable bonds is 8. The Kier molecular flexibility index (Phi) is 7.03. The Labute approximate surface area is 122 Å². The summed E-state index contributed by atoms with van der Waals surface area (Å²) in [4.78, 5) is 23.6. The molecule has 2 N–H and O–H groups in total. The molecule has 1 saturated carbocycles. The lowest BCUT2D eigenvalue weighted by Crippen LogP contribution is -2.40. The van der Waals surface area contributed by atoms with Crippen LogP contribution in [-0.2, 0) is 9.59 Å². The first-order chi connectivity index (χ1) is 9.49. The van der Waals surface area contributed by atoms with Crippen LogP contribution in [0.15, 0.2) is 0 Å². The third kappa shape index (κ3) is 4.80. The first-order valence-electron chi connectivity index (χ1n) is 8.02. The standard InChI is InChI=1S/C16H29NO3/c1-4-6-7-8-11(3)17-15(18)13-9-12(5-2)10-14(13)16(19)20/h11-14H,4-10H2,1-3H3,(H,17,18)(H,19,20). The van der Waals surface area contributed by atoms with Crippen molar-refractivity contribution in [2.75, 3.05) is 0 Å². The molecule has 0 aliphatic heterocycles. The van der Waals surface area contributed by atoms with Crippen molar-refractivity contribution in [3.8, 4) is 0 Å². The van der Waals surface area contributed by atoms with Gasteiger partial charge in [-0.2, -0.15) is 0 Å². The van der Waals surface area contributed by atoms with E-state index in [1.54, 1.807) is 0 Å². The van der Waals surface area contributed by atoms with E-state index in [4.69, 9.17) is 0 Å². The Morgan fingerprint density at radius 2 is 1.85 bits per heavy atom. The molecule has 0 saturated heterocycles. The SMILES string of the molecule is CCCCCC(C)NC(=O)C1CC(CC)CC1C(=O)O. The van der Waals surface area contributed by atoms with E-state index >= 15 is 0 Å². The number of carbonyl (C=O) groups excluding carboxylic acids is 1. The van der Waals surface area contributed by atoms with Crippen molar-refractivity contribution in [2.24, 2.45) is 17.8 Å². The molecule has 1 amide bonds. The number of nitrogens with one attached hydrogen (secondary N) is 1. The van der Waals surface area contributed by atoms with Crippen LogP contribution in [0.4, 0.5) is 0 Å². The molecule has 1 rings (SSSR count). The monoisotopic (exact) mass is 283 g/mol. The van der Waals surface area contributed by atoms with Crippen molar-refractivity contribution in [1.82, 2.24) is 5.32 Å². The van der Waals surface area contributed by atoms with Crippen molar-refractivity contribution in [1.29, 1.82) is 0 Å². The second-order valence-electron chi connectivity index (χ2n) is 6.20. The average Bonchev–Trinajstić information content (AvgIpc) is 2.83. The average molecular weight is 283 g/mol. The van der Waals surface area contributed by atoms with Crippen LogP contribution in [-0.4, -0.2) is 23.0 Å². The third-order valence-electron chi connectivity index (χ3n) is 4.52. The normalized spacial score (nSPS) is 27.2. The molecular formula is C16H29NO3. The molecule has 0 radical (unpaired) electrons. The Balaban J connectivity index is 2.50. The number of amides is 1. The van der Waals surface area contributed by atoms with Gasteiger partial charge in [0.05, 0.1) is 11.8 Å². The Hall–Kier alpha value is -1.06. The van der Waals surface area contributed by atoms with E-state index in [-0.39, 0.29) is 17.9 Å². The Morgan fingerprint density at radius 3 is 2.40 bits per heavy atom. The van der Waals surface area contributed by atoms with E-state index in [0.717, 1.165) is 25.7 Å². The van der Waals surface area contributed by atoms with E-state index in [9.17, 15) is 14.7 Å². The van der Waals surface area contributed by atoms with Crippen molar-refractivity contribution in [3.05, 3.63) is 0 Å². The van der Waals surface area contributed by atoms with Gasteiger partial charge in [-0.3, -0.25) is 9.59 Å². The topological polar surface area (TPSA) is 66.4 Å². The number of carboxylic acid groups (broad SMARTS) is 1. The molecule has 4 heteroatoms. The molecule has 20 heavy (non-hydrogen) atoms. The van der Waals surface area contributed by atoms with Gasteiger partial charge in [-0.25, -0.2) is 0 Å². The highest BCUT2D eigenvalue weighted by Gasteiger charge is 2.42. The van der Waals surface area contributed by atoms with Crippen molar-refractivity contribution < 1.29 is 14.7 Å². The second kappa shape index (κ2) is 8.28. The van der Waals surface area contributed by atoms with Crippen LogP contribution in [0.25, 0.3) is 0 Å². The maximum Gasteiger partial charge on any atom is 0.307 e. The van der Waals surface area contributed by atoms with Gasteiger partial charge in [0, 0.05) is 6.04 Å². The van der Waals surface area contributed by atoms with Gasteiger partial charge in [-0.05, 0) is 32.1 Å². The third-order valence-corrected chi connectivity index (χ3v) is 4.52. The zero-order valence-corrected chi connectivity index (χ0v) is 13.0. The lowest BCUT2D eigenvalue weighted by atomic mass is 9.95. The van der Waals surface area contributed by atoms with Crippen LogP contribution in [0.5, 0.6) is 0 Å². The molecular weight excluding hydrogens is 254 g/mol. The van der Waals surface area contributed by atoms with Crippen LogP contribution < -0.4 is 5.32 Å². The summed E-state index contributed by atoms with van der Waals surface area (Å²) in [7, 11) is 0. The number of carboxylic acids is 1. The highest BCUT2D eigenvalue weighted by atomic mass is 16.4. The molecule has 4 atom stereocenters. The highest BCUT2D eigenvalue weighted by Crippen LogP contribution is 2.38. The number of carbonyl (C=O) groups is 2. The van der Waals surface area contributed by atoms with Crippen LogP contribution in [0.3, 0.4) is 0 Å². The number of hydrogen-bond donors (Lipinski definition) is 2. The Morgan fingerprint density at radius 1 is 1.20 bits per heavy atom. The van der Waals surface area contributed by atoms with Crippen molar-refractivity contribution in [3.63, 3.8) is 0 Å². The van der Waals surface area contributed by atoms with Crippen LogP contribution in [0, 0.1) is 17.8 Å². The molecule has 1 aliphatic rings. The van der Waals surface area contributed by atoms with E-state index in [0.29, 0.717) is 12.3 Å². The number of aliphatic carboxylic acids is 1. The summed E-state index contributed by atoms with van der Waals surface area (Å²) in [6.45, 7) is 6.23. The van der Waals surface area contributed by atoms with E-state index in [1.807, 2.05) is 6.92 Å². The maximum absolute atomic E-state index is 12.3. The summed E-state index contributed by atoms with van der Waals surface area (Å²) < 4.78 is 0. The first-order valence-corrected chi connectivity index (χ1v) is 8.02. The van der Waals surface area contributed by atoms with Gasteiger partial charge in [-0.1, -0.05) is 39.5 Å². The summed E-state index contributed by atoms with van der Waals surface area (Å²) in [5.74, 6) is -1.34. The smallest absolute Gasteiger partial charge is 0.307 e. The molecule has 0 spiro atoms. The summed E-state index contributed by atoms with van der Waals surface area (Å²) in [6.07, 6.45) is 6.76. The Bertz CT molecular complexity index is 330. The van der Waals surface area contributed by atoms with Gasteiger partial charge in [-0.15, -0.1) is 0 Å². The number of unbranched alkanes of at least 4 members (excludes halogenated alkanes) is 2. The molecule has 0 aromatic rings. The van der Waals surface area contributed by atoms with Gasteiger partial charge >= 0.3 is 5.97 Å². The van der Waals surface area contributed by atoms with Gasteiger partial charge < -0.3 is 10.4 Å². The van der Waals surface area contributed by atoms with E-state index < -0.39 is 11.9 Å². The van der Waals surface area contributed by atoms with E-state index in [1.165, 1.54) is 12.8 Å². The molecule has 4 unspecified atom stereocenters. The maximum atomic E-state index is 12.3. The summed E-state index contributed by atoms with van der Waals surface area (Å²) in [5, 5.41) is 12.3. The fraction of sp³-hybridized carbons (Fsp3) is 0.875. The molecule has 1 aliphatic carbocycles. The molecule has 4 nitrogen and oxygen atoms in total. The molecule has 0 bridgehead atoms. The number of hydrogen-bond acceptors (Lipinski definition) is 2. The van der Waals surface area contributed by atoms with Gasteiger partial charge in [0.2, 0.25) is 5.91 Å².